The van der Waals surface area contributed by atoms with E-state index in [-0.39, 0.29) is 48.5 Å². The SMILES string of the molecule is O=C(OCCCCCOC(=O)c1ncn2c1C1CCCN1C(=O)c1cc(Br)ccc1-2)c1ncn2c1C1CCCN1C(=O)c1cc(Br)ccc1-2. The van der Waals surface area contributed by atoms with Crippen molar-refractivity contribution in [2.75, 3.05) is 26.3 Å². The van der Waals surface area contributed by atoms with E-state index in [9.17, 15) is 19.2 Å². The average Bonchev–Trinajstić information content (AvgIpc) is 3.91. The van der Waals surface area contributed by atoms with Gasteiger partial charge >= 0.3 is 11.9 Å². The molecule has 0 bridgehead atoms. The molecule has 4 aliphatic rings. The zero-order valence-electron chi connectivity index (χ0n) is 26.4. The van der Waals surface area contributed by atoms with Gasteiger partial charge in [-0.3, -0.25) is 18.7 Å². The Labute approximate surface area is 298 Å². The van der Waals surface area contributed by atoms with Crippen LogP contribution in [-0.4, -0.2) is 79.0 Å². The van der Waals surface area contributed by atoms with Crippen molar-refractivity contribution in [2.45, 2.75) is 57.0 Å². The van der Waals surface area contributed by atoms with Gasteiger partial charge in [0.2, 0.25) is 0 Å². The van der Waals surface area contributed by atoms with E-state index in [0.29, 0.717) is 66.2 Å². The Bertz CT molecular complexity index is 1880. The first-order valence-electron chi connectivity index (χ1n) is 16.5. The number of amides is 2. The molecule has 2 aromatic carbocycles. The molecule has 0 saturated carbocycles. The van der Waals surface area contributed by atoms with Gasteiger partial charge in [-0.25, -0.2) is 19.6 Å². The minimum absolute atomic E-state index is 0.0554. The van der Waals surface area contributed by atoms with Gasteiger partial charge in [-0.05, 0) is 81.3 Å². The molecule has 4 aromatic rings. The second-order valence-corrected chi connectivity index (χ2v) is 14.5. The maximum atomic E-state index is 13.4. The van der Waals surface area contributed by atoms with E-state index in [2.05, 4.69) is 41.8 Å². The molecule has 2 saturated heterocycles. The van der Waals surface area contributed by atoms with E-state index in [0.717, 1.165) is 34.6 Å². The Morgan fingerprint density at radius 3 is 1.59 bits per heavy atom. The molecule has 49 heavy (non-hydrogen) atoms. The number of unbranched alkanes of at least 4 members (excludes halogenated alkanes) is 2. The molecule has 0 spiro atoms. The molecule has 2 atom stereocenters. The Balaban J connectivity index is 0.877. The largest absolute Gasteiger partial charge is 0.461 e. The zero-order valence-corrected chi connectivity index (χ0v) is 29.6. The molecule has 4 aliphatic heterocycles. The minimum Gasteiger partial charge on any atom is -0.461 e. The van der Waals surface area contributed by atoms with Gasteiger partial charge in [0, 0.05) is 22.0 Å². The van der Waals surface area contributed by atoms with Crippen LogP contribution < -0.4 is 0 Å². The summed E-state index contributed by atoms with van der Waals surface area (Å²) in [5.41, 5.74) is 4.34. The number of nitrogens with zero attached hydrogens (tertiary/aromatic N) is 6. The van der Waals surface area contributed by atoms with E-state index in [1.165, 1.54) is 0 Å². The number of imidazole rings is 2. The van der Waals surface area contributed by atoms with Crippen LogP contribution in [0.1, 0.15) is 110 Å². The number of aromatic nitrogens is 4. The highest BCUT2D eigenvalue weighted by molar-refractivity contribution is 9.10. The predicted octanol–water partition coefficient (Wildman–Crippen LogP) is 6.35. The summed E-state index contributed by atoms with van der Waals surface area (Å²) in [5, 5.41) is 0. The monoisotopic (exact) mass is 790 g/mol. The van der Waals surface area contributed by atoms with Crippen LogP contribution in [0.4, 0.5) is 0 Å². The summed E-state index contributed by atoms with van der Waals surface area (Å²) in [6.45, 7) is 1.61. The van der Waals surface area contributed by atoms with Gasteiger partial charge in [0.05, 0.1) is 59.2 Å². The lowest BCUT2D eigenvalue weighted by molar-refractivity contribution is 0.0463. The Kier molecular flexibility index (Phi) is 8.38. The number of benzene rings is 2. The zero-order chi connectivity index (χ0) is 33.8. The number of rotatable bonds is 8. The van der Waals surface area contributed by atoms with Crippen LogP contribution in [0.15, 0.2) is 58.0 Å². The van der Waals surface area contributed by atoms with E-state index in [1.807, 2.05) is 55.3 Å². The van der Waals surface area contributed by atoms with Gasteiger partial charge in [-0.2, -0.15) is 0 Å². The van der Waals surface area contributed by atoms with Crippen LogP contribution in [0.3, 0.4) is 0 Å². The predicted molar refractivity (Wildman–Crippen MR) is 183 cm³/mol. The van der Waals surface area contributed by atoms with Crippen molar-refractivity contribution >= 4 is 55.6 Å². The van der Waals surface area contributed by atoms with Gasteiger partial charge in [-0.15, -0.1) is 0 Å². The summed E-state index contributed by atoms with van der Waals surface area (Å²) >= 11 is 6.95. The van der Waals surface area contributed by atoms with Gasteiger partial charge < -0.3 is 19.3 Å². The molecule has 0 aliphatic carbocycles. The summed E-state index contributed by atoms with van der Waals surface area (Å²) in [5.74, 6) is -1.15. The maximum absolute atomic E-state index is 13.4. The smallest absolute Gasteiger partial charge is 0.358 e. The molecular formula is C35H32Br2N6O6. The fourth-order valence-corrected chi connectivity index (χ4v) is 8.30. The Hall–Kier alpha value is -4.30. The third kappa shape index (κ3) is 5.49. The van der Waals surface area contributed by atoms with Crippen molar-refractivity contribution in [3.63, 3.8) is 0 Å². The normalized spacial score (nSPS) is 18.9. The van der Waals surface area contributed by atoms with E-state index >= 15 is 0 Å². The highest BCUT2D eigenvalue weighted by atomic mass is 79.9. The van der Waals surface area contributed by atoms with Crippen molar-refractivity contribution in [3.05, 3.63) is 91.9 Å². The van der Waals surface area contributed by atoms with Crippen molar-refractivity contribution in [2.24, 2.45) is 0 Å². The van der Waals surface area contributed by atoms with Gasteiger partial charge in [0.1, 0.15) is 12.7 Å². The lowest BCUT2D eigenvalue weighted by atomic mass is 10.1. The average molecular weight is 792 g/mol. The number of halogens is 2. The summed E-state index contributed by atoms with van der Waals surface area (Å²) in [6, 6.07) is 10.6. The molecule has 14 heteroatoms. The van der Waals surface area contributed by atoms with Crippen LogP contribution >= 0.6 is 31.9 Å². The number of esters is 2. The summed E-state index contributed by atoms with van der Waals surface area (Å²) in [7, 11) is 0. The molecule has 6 heterocycles. The van der Waals surface area contributed by atoms with Crippen LogP contribution in [0, 0.1) is 0 Å². The van der Waals surface area contributed by atoms with E-state index in [4.69, 9.17) is 9.47 Å². The molecule has 12 nitrogen and oxygen atoms in total. The second kappa shape index (κ2) is 12.9. The van der Waals surface area contributed by atoms with Crippen molar-refractivity contribution in [3.8, 4) is 11.4 Å². The minimum atomic E-state index is -0.520. The number of hydrogen-bond donors (Lipinski definition) is 0. The first-order valence-corrected chi connectivity index (χ1v) is 18.1. The number of hydrogen-bond acceptors (Lipinski definition) is 8. The van der Waals surface area contributed by atoms with Crippen LogP contribution in [0.5, 0.6) is 0 Å². The highest BCUT2D eigenvalue weighted by Gasteiger charge is 2.42. The number of fused-ring (bicyclic) bond motifs is 10. The van der Waals surface area contributed by atoms with Crippen molar-refractivity contribution in [1.29, 1.82) is 0 Å². The Morgan fingerprint density at radius 2 is 1.14 bits per heavy atom. The first kappa shape index (κ1) is 31.9. The number of carbonyl (C=O) groups excluding carboxylic acids is 4. The van der Waals surface area contributed by atoms with E-state index < -0.39 is 11.9 Å². The number of ether oxygens (including phenoxy) is 2. The lowest BCUT2D eigenvalue weighted by Crippen LogP contribution is -2.30. The molecule has 8 rings (SSSR count). The Morgan fingerprint density at radius 1 is 0.694 bits per heavy atom. The first-order chi connectivity index (χ1) is 23.8. The third-order valence-electron chi connectivity index (χ3n) is 9.81. The molecule has 2 aromatic heterocycles. The number of carbonyl (C=O) groups is 4. The molecular weight excluding hydrogens is 760 g/mol. The second-order valence-electron chi connectivity index (χ2n) is 12.7. The molecule has 0 radical (unpaired) electrons. The van der Waals surface area contributed by atoms with Gasteiger partial charge in [0.25, 0.3) is 11.8 Å². The maximum Gasteiger partial charge on any atom is 0.358 e. The summed E-state index contributed by atoms with van der Waals surface area (Å²) in [6.07, 6.45) is 8.21. The van der Waals surface area contributed by atoms with Crippen LogP contribution in [0.2, 0.25) is 0 Å². The van der Waals surface area contributed by atoms with Gasteiger partial charge in [0.15, 0.2) is 11.4 Å². The molecule has 2 unspecified atom stereocenters. The van der Waals surface area contributed by atoms with Crippen molar-refractivity contribution in [1.82, 2.24) is 28.9 Å². The van der Waals surface area contributed by atoms with Crippen LogP contribution in [0.25, 0.3) is 11.4 Å². The third-order valence-corrected chi connectivity index (χ3v) is 10.8. The lowest BCUT2D eigenvalue weighted by Gasteiger charge is -2.22. The highest BCUT2D eigenvalue weighted by Crippen LogP contribution is 2.42. The molecule has 252 valence electrons. The summed E-state index contributed by atoms with van der Waals surface area (Å²) in [4.78, 5) is 65.9. The van der Waals surface area contributed by atoms with Crippen LogP contribution in [-0.2, 0) is 9.47 Å². The van der Waals surface area contributed by atoms with E-state index in [1.54, 1.807) is 12.7 Å². The standard InChI is InChI=1S/C35H32Br2N6O6/c36-20-8-10-24-22(16-20)32(44)40-12-4-6-26(40)30-28(38-18-42(24)30)34(46)48-14-2-1-3-15-49-35(47)29-31-27-7-5-13-41(27)33(45)23-17-21(37)9-11-25(23)43(31)19-39-29/h8-11,16-19,26-27H,1-7,12-15H2. The van der Waals surface area contributed by atoms with Crippen molar-refractivity contribution < 1.29 is 28.7 Å². The van der Waals surface area contributed by atoms with Gasteiger partial charge in [-0.1, -0.05) is 31.9 Å². The fraction of sp³-hybridized carbons (Fsp3) is 0.371. The molecule has 0 N–H and O–H groups in total. The molecule has 2 amide bonds. The topological polar surface area (TPSA) is 129 Å². The molecule has 2 fully saturated rings. The quantitative estimate of drug-likeness (QED) is 0.149. The fourth-order valence-electron chi connectivity index (χ4n) is 7.58. The summed E-state index contributed by atoms with van der Waals surface area (Å²) < 4.78 is 16.6.